The van der Waals surface area contributed by atoms with Gasteiger partial charge in [-0.3, -0.25) is 4.79 Å². The molecular weight excluding hydrogens is 319 g/mol. The Hall–Kier alpha value is -3.28. The number of hydrogen-bond acceptors (Lipinski definition) is 4. The van der Waals surface area contributed by atoms with Crippen molar-refractivity contribution in [1.82, 2.24) is 10.2 Å². The number of carbonyl (C=O) groups is 1. The molecule has 0 unspecified atom stereocenters. The zero-order valence-corrected chi connectivity index (χ0v) is 13.7. The minimum absolute atomic E-state index is 0.204. The van der Waals surface area contributed by atoms with Crippen LogP contribution in [0, 0.1) is 5.82 Å². The molecule has 0 bridgehead atoms. The average Bonchev–Trinajstić information content (AvgIpc) is 2.63. The average molecular weight is 336 g/mol. The van der Waals surface area contributed by atoms with Crippen LogP contribution in [0.3, 0.4) is 0 Å². The maximum Gasteiger partial charge on any atom is 0.276 e. The summed E-state index contributed by atoms with van der Waals surface area (Å²) in [4.78, 5) is 12.3. The van der Waals surface area contributed by atoms with Gasteiger partial charge >= 0.3 is 0 Å². The summed E-state index contributed by atoms with van der Waals surface area (Å²) < 4.78 is 13.2. The van der Waals surface area contributed by atoms with Gasteiger partial charge < -0.3 is 10.6 Å². The zero-order chi connectivity index (χ0) is 17.6. The van der Waals surface area contributed by atoms with Crippen molar-refractivity contribution in [3.8, 4) is 0 Å². The molecular formula is C19H17FN4O. The molecule has 1 amide bonds. The lowest BCUT2D eigenvalue weighted by Gasteiger charge is -2.09. The number of hydrogen-bond donors (Lipinski definition) is 2. The van der Waals surface area contributed by atoms with E-state index in [9.17, 15) is 9.18 Å². The molecule has 0 spiro atoms. The molecule has 2 N–H and O–H groups in total. The number of carbonyl (C=O) groups excluding carboxylic acids is 1. The van der Waals surface area contributed by atoms with Gasteiger partial charge in [-0.2, -0.15) is 0 Å². The third-order valence-electron chi connectivity index (χ3n) is 3.64. The molecule has 0 saturated heterocycles. The topological polar surface area (TPSA) is 66.9 Å². The number of aromatic nitrogens is 2. The van der Waals surface area contributed by atoms with Gasteiger partial charge in [-0.05, 0) is 48.4 Å². The first-order valence-corrected chi connectivity index (χ1v) is 7.91. The molecule has 0 aliphatic rings. The van der Waals surface area contributed by atoms with E-state index in [-0.39, 0.29) is 17.4 Å². The molecule has 3 rings (SSSR count). The summed E-state index contributed by atoms with van der Waals surface area (Å²) in [6.07, 6.45) is 0.818. The Morgan fingerprint density at radius 3 is 2.60 bits per heavy atom. The molecule has 1 aromatic heterocycles. The van der Waals surface area contributed by atoms with Gasteiger partial charge in [0.25, 0.3) is 5.91 Å². The van der Waals surface area contributed by atoms with Gasteiger partial charge in [0.2, 0.25) is 0 Å². The minimum atomic E-state index is -0.344. The van der Waals surface area contributed by atoms with E-state index in [0.29, 0.717) is 11.5 Å². The van der Waals surface area contributed by atoms with E-state index in [1.807, 2.05) is 31.2 Å². The summed E-state index contributed by atoms with van der Waals surface area (Å²) in [5.41, 5.74) is 2.58. The number of rotatable bonds is 5. The van der Waals surface area contributed by atoms with Crippen molar-refractivity contribution < 1.29 is 9.18 Å². The van der Waals surface area contributed by atoms with Crippen LogP contribution in [0.15, 0.2) is 60.7 Å². The molecule has 2 aromatic carbocycles. The maximum atomic E-state index is 13.2. The molecule has 3 aromatic rings. The number of halogens is 1. The summed E-state index contributed by atoms with van der Waals surface area (Å²) in [5, 5.41) is 13.7. The predicted octanol–water partition coefficient (Wildman–Crippen LogP) is 4.17. The fourth-order valence-electron chi connectivity index (χ4n) is 2.37. The first-order valence-electron chi connectivity index (χ1n) is 7.91. The van der Waals surface area contributed by atoms with Crippen LogP contribution in [0.1, 0.15) is 23.0 Å². The first kappa shape index (κ1) is 16.6. The van der Waals surface area contributed by atoms with Gasteiger partial charge in [-0.15, -0.1) is 10.2 Å². The standard InChI is InChI=1S/C19H17FN4O/c1-2-13-6-3-4-9-16(13)22-19(25)17-10-11-18(24-23-17)21-15-8-5-7-14(20)12-15/h3-12H,2H2,1H3,(H,21,24)(H,22,25). The SMILES string of the molecule is CCc1ccccc1NC(=O)c1ccc(Nc2cccc(F)c2)nn1. The molecule has 1 heterocycles. The molecule has 5 nitrogen and oxygen atoms in total. The number of amides is 1. The third-order valence-corrected chi connectivity index (χ3v) is 3.64. The second-order valence-electron chi connectivity index (χ2n) is 5.40. The Morgan fingerprint density at radius 1 is 1.04 bits per heavy atom. The highest BCUT2D eigenvalue weighted by molar-refractivity contribution is 6.03. The highest BCUT2D eigenvalue weighted by Gasteiger charge is 2.10. The fourth-order valence-corrected chi connectivity index (χ4v) is 2.37. The Labute approximate surface area is 144 Å². The van der Waals surface area contributed by atoms with Crippen LogP contribution in [0.4, 0.5) is 21.6 Å². The lowest BCUT2D eigenvalue weighted by Crippen LogP contribution is -2.15. The Kier molecular flexibility index (Phi) is 4.99. The second kappa shape index (κ2) is 7.53. The molecule has 126 valence electrons. The van der Waals surface area contributed by atoms with E-state index < -0.39 is 0 Å². The van der Waals surface area contributed by atoms with E-state index in [0.717, 1.165) is 17.7 Å². The predicted molar refractivity (Wildman–Crippen MR) is 95.5 cm³/mol. The van der Waals surface area contributed by atoms with Crippen molar-refractivity contribution in [2.75, 3.05) is 10.6 Å². The molecule has 0 aliphatic carbocycles. The smallest absolute Gasteiger partial charge is 0.276 e. The van der Waals surface area contributed by atoms with Crippen LogP contribution in [-0.4, -0.2) is 16.1 Å². The lowest BCUT2D eigenvalue weighted by molar-refractivity contribution is 0.102. The van der Waals surface area contributed by atoms with Crippen LogP contribution >= 0.6 is 0 Å². The van der Waals surface area contributed by atoms with Crippen molar-refractivity contribution in [3.05, 3.63) is 77.7 Å². The number of para-hydroxylation sites is 1. The molecule has 0 radical (unpaired) electrons. The largest absolute Gasteiger partial charge is 0.339 e. The fraction of sp³-hybridized carbons (Fsp3) is 0.105. The highest BCUT2D eigenvalue weighted by atomic mass is 19.1. The van der Waals surface area contributed by atoms with Crippen LogP contribution in [0.25, 0.3) is 0 Å². The highest BCUT2D eigenvalue weighted by Crippen LogP contribution is 2.17. The lowest BCUT2D eigenvalue weighted by atomic mass is 10.1. The Morgan fingerprint density at radius 2 is 1.88 bits per heavy atom. The number of anilines is 3. The molecule has 0 atom stereocenters. The maximum absolute atomic E-state index is 13.2. The first-order chi connectivity index (χ1) is 12.2. The van der Waals surface area contributed by atoms with E-state index >= 15 is 0 Å². The van der Waals surface area contributed by atoms with Crippen molar-refractivity contribution in [1.29, 1.82) is 0 Å². The molecule has 0 fully saturated rings. The summed E-state index contributed by atoms with van der Waals surface area (Å²) in [6, 6.07) is 16.8. The van der Waals surface area contributed by atoms with Crippen LogP contribution in [-0.2, 0) is 6.42 Å². The van der Waals surface area contributed by atoms with Gasteiger partial charge in [0.15, 0.2) is 11.5 Å². The van der Waals surface area contributed by atoms with Crippen LogP contribution < -0.4 is 10.6 Å². The third kappa shape index (κ3) is 4.17. The zero-order valence-electron chi connectivity index (χ0n) is 13.7. The summed E-state index contributed by atoms with van der Waals surface area (Å²) in [5.74, 6) is -0.245. The molecule has 0 aliphatic heterocycles. The van der Waals surface area contributed by atoms with E-state index in [4.69, 9.17) is 0 Å². The number of aryl methyl sites for hydroxylation is 1. The van der Waals surface area contributed by atoms with E-state index in [1.54, 1.807) is 24.3 Å². The normalized spacial score (nSPS) is 10.3. The quantitative estimate of drug-likeness (QED) is 0.734. The summed E-state index contributed by atoms with van der Waals surface area (Å²) >= 11 is 0. The van der Waals surface area contributed by atoms with Crippen LogP contribution in [0.5, 0.6) is 0 Å². The van der Waals surface area contributed by atoms with Gasteiger partial charge in [0.05, 0.1) is 0 Å². The number of benzene rings is 2. The van der Waals surface area contributed by atoms with E-state index in [2.05, 4.69) is 20.8 Å². The van der Waals surface area contributed by atoms with Gasteiger partial charge in [-0.1, -0.05) is 31.2 Å². The van der Waals surface area contributed by atoms with E-state index in [1.165, 1.54) is 12.1 Å². The van der Waals surface area contributed by atoms with Crippen molar-refractivity contribution in [2.24, 2.45) is 0 Å². The van der Waals surface area contributed by atoms with Gasteiger partial charge in [-0.25, -0.2) is 4.39 Å². The van der Waals surface area contributed by atoms with Crippen molar-refractivity contribution in [2.45, 2.75) is 13.3 Å². The Balaban J connectivity index is 1.70. The summed E-state index contributed by atoms with van der Waals surface area (Å²) in [7, 11) is 0. The van der Waals surface area contributed by atoms with Crippen LogP contribution in [0.2, 0.25) is 0 Å². The molecule has 0 saturated carbocycles. The number of nitrogens with one attached hydrogen (secondary N) is 2. The van der Waals surface area contributed by atoms with Crippen molar-refractivity contribution >= 4 is 23.1 Å². The van der Waals surface area contributed by atoms with Crippen molar-refractivity contribution in [3.63, 3.8) is 0 Å². The molecule has 6 heteroatoms. The van der Waals surface area contributed by atoms with Gasteiger partial charge in [0.1, 0.15) is 5.82 Å². The minimum Gasteiger partial charge on any atom is -0.339 e. The van der Waals surface area contributed by atoms with Gasteiger partial charge in [0, 0.05) is 11.4 Å². The number of nitrogens with zero attached hydrogens (tertiary/aromatic N) is 2. The summed E-state index contributed by atoms with van der Waals surface area (Å²) in [6.45, 7) is 2.03. The monoisotopic (exact) mass is 336 g/mol. The molecule has 25 heavy (non-hydrogen) atoms. The Bertz CT molecular complexity index is 881. The second-order valence-corrected chi connectivity index (χ2v) is 5.40.